The molecule has 2 atom stereocenters. The highest BCUT2D eigenvalue weighted by molar-refractivity contribution is 5.90. The number of hydrogen-bond donors (Lipinski definition) is 2. The second kappa shape index (κ2) is 12.7. The largest absolute Gasteiger partial charge is 0.481 e. The molecule has 0 saturated carbocycles. The number of esters is 1. The lowest BCUT2D eigenvalue weighted by molar-refractivity contribution is -0.148. The van der Waals surface area contributed by atoms with Gasteiger partial charge in [0.2, 0.25) is 5.91 Å². The molecule has 41 heavy (non-hydrogen) atoms. The molecule has 3 aromatic carbocycles. The minimum Gasteiger partial charge on any atom is -0.481 e. The monoisotopic (exact) mass is 556 g/mol. The van der Waals surface area contributed by atoms with E-state index < -0.39 is 30.0 Å². The van der Waals surface area contributed by atoms with Crippen molar-refractivity contribution in [2.75, 3.05) is 19.7 Å². The van der Waals surface area contributed by atoms with E-state index in [0.29, 0.717) is 13.0 Å². The maximum Gasteiger partial charge on any atom is 0.407 e. The van der Waals surface area contributed by atoms with E-state index in [0.717, 1.165) is 27.8 Å². The van der Waals surface area contributed by atoms with Crippen molar-refractivity contribution in [3.63, 3.8) is 0 Å². The Balaban J connectivity index is 1.24. The molecule has 2 aliphatic rings. The van der Waals surface area contributed by atoms with Crippen molar-refractivity contribution in [2.45, 2.75) is 37.8 Å². The topological polar surface area (TPSA) is 122 Å². The van der Waals surface area contributed by atoms with Crippen LogP contribution in [0.2, 0.25) is 0 Å². The molecule has 1 unspecified atom stereocenters. The summed E-state index contributed by atoms with van der Waals surface area (Å²) in [6.07, 6.45) is -0.709. The van der Waals surface area contributed by atoms with Gasteiger partial charge in [-0.05, 0) is 40.2 Å². The van der Waals surface area contributed by atoms with Crippen LogP contribution in [-0.4, -0.2) is 59.7 Å². The number of carboxylic acid groups (broad SMARTS) is 1. The summed E-state index contributed by atoms with van der Waals surface area (Å²) < 4.78 is 11.0. The molecule has 1 heterocycles. The van der Waals surface area contributed by atoms with Crippen LogP contribution in [0.25, 0.3) is 11.1 Å². The molecule has 9 nitrogen and oxygen atoms in total. The van der Waals surface area contributed by atoms with E-state index >= 15 is 0 Å². The molecule has 0 radical (unpaired) electrons. The Hall–Kier alpha value is -4.66. The van der Waals surface area contributed by atoms with Crippen LogP contribution in [-0.2, 0) is 30.5 Å². The van der Waals surface area contributed by atoms with Gasteiger partial charge in [0.25, 0.3) is 0 Å². The third-order valence-electron chi connectivity index (χ3n) is 7.61. The molecule has 212 valence electrons. The number of benzene rings is 3. The van der Waals surface area contributed by atoms with Gasteiger partial charge in [-0.2, -0.15) is 0 Å². The first-order chi connectivity index (χ1) is 19.9. The fourth-order valence-electron chi connectivity index (χ4n) is 5.61. The lowest BCUT2D eigenvalue weighted by atomic mass is 9.98. The molecule has 1 aliphatic carbocycles. The van der Waals surface area contributed by atoms with E-state index in [9.17, 15) is 19.2 Å². The van der Waals surface area contributed by atoms with Crippen molar-refractivity contribution in [3.8, 4) is 11.1 Å². The highest BCUT2D eigenvalue weighted by atomic mass is 16.5. The highest BCUT2D eigenvalue weighted by Crippen LogP contribution is 2.44. The van der Waals surface area contributed by atoms with Gasteiger partial charge in [0.15, 0.2) is 0 Å². The van der Waals surface area contributed by atoms with Crippen molar-refractivity contribution in [1.29, 1.82) is 0 Å². The van der Waals surface area contributed by atoms with Crippen molar-refractivity contribution < 1.29 is 33.8 Å². The zero-order valence-electron chi connectivity index (χ0n) is 22.5. The zero-order valence-corrected chi connectivity index (χ0v) is 22.5. The van der Waals surface area contributed by atoms with Crippen LogP contribution < -0.4 is 5.32 Å². The van der Waals surface area contributed by atoms with E-state index in [2.05, 4.69) is 5.32 Å². The number of aliphatic carboxylic acids is 1. The third-order valence-corrected chi connectivity index (χ3v) is 7.61. The number of fused-ring (bicyclic) bond motifs is 3. The minimum atomic E-state index is -1.21. The van der Waals surface area contributed by atoms with Gasteiger partial charge in [-0.25, -0.2) is 4.79 Å². The number of carbonyl (C=O) groups is 4. The molecular weight excluding hydrogens is 524 g/mol. The van der Waals surface area contributed by atoms with E-state index in [1.165, 1.54) is 4.90 Å². The van der Waals surface area contributed by atoms with E-state index in [1.807, 2.05) is 78.9 Å². The van der Waals surface area contributed by atoms with Crippen molar-refractivity contribution >= 4 is 23.9 Å². The predicted octanol–water partition coefficient (Wildman–Crippen LogP) is 4.35. The van der Waals surface area contributed by atoms with Crippen LogP contribution in [0.1, 0.15) is 41.9 Å². The molecule has 0 bridgehead atoms. The molecule has 0 spiro atoms. The van der Waals surface area contributed by atoms with E-state index in [4.69, 9.17) is 14.6 Å². The van der Waals surface area contributed by atoms with Gasteiger partial charge in [0.05, 0.1) is 6.42 Å². The lowest BCUT2D eigenvalue weighted by Crippen LogP contribution is -2.49. The Morgan fingerprint density at radius 3 is 2.17 bits per heavy atom. The molecule has 5 rings (SSSR count). The molecular formula is C32H32N2O7. The van der Waals surface area contributed by atoms with Gasteiger partial charge < -0.3 is 24.8 Å². The maximum absolute atomic E-state index is 13.4. The summed E-state index contributed by atoms with van der Waals surface area (Å²) in [5.41, 5.74) is 5.09. The summed E-state index contributed by atoms with van der Waals surface area (Å²) in [7, 11) is 0. The third kappa shape index (κ3) is 6.74. The minimum absolute atomic E-state index is 0.0376. The molecule has 3 aromatic rings. The van der Waals surface area contributed by atoms with Gasteiger partial charge >= 0.3 is 18.0 Å². The molecule has 2 N–H and O–H groups in total. The van der Waals surface area contributed by atoms with Crippen molar-refractivity contribution in [3.05, 3.63) is 95.6 Å². The Kier molecular flexibility index (Phi) is 8.62. The average molecular weight is 557 g/mol. The highest BCUT2D eigenvalue weighted by Gasteiger charge is 2.35. The smallest absolute Gasteiger partial charge is 0.407 e. The first-order valence-corrected chi connectivity index (χ1v) is 13.7. The van der Waals surface area contributed by atoms with Crippen molar-refractivity contribution in [2.24, 2.45) is 5.92 Å². The van der Waals surface area contributed by atoms with Gasteiger partial charge in [-0.15, -0.1) is 0 Å². The van der Waals surface area contributed by atoms with Crippen LogP contribution in [0.3, 0.4) is 0 Å². The quantitative estimate of drug-likeness (QED) is 0.356. The van der Waals surface area contributed by atoms with Gasteiger partial charge in [-0.1, -0.05) is 78.9 Å². The van der Waals surface area contributed by atoms with Gasteiger partial charge in [0.1, 0.15) is 19.3 Å². The summed E-state index contributed by atoms with van der Waals surface area (Å²) in [4.78, 5) is 51.8. The van der Waals surface area contributed by atoms with Crippen LogP contribution >= 0.6 is 0 Å². The summed E-state index contributed by atoms with van der Waals surface area (Å²) in [5.74, 6) is -2.39. The molecule has 1 fully saturated rings. The first-order valence-electron chi connectivity index (χ1n) is 13.7. The number of carbonyl (C=O) groups excluding carboxylic acids is 3. The molecule has 0 aromatic heterocycles. The second-order valence-corrected chi connectivity index (χ2v) is 10.4. The van der Waals surface area contributed by atoms with Crippen LogP contribution in [0.15, 0.2) is 78.9 Å². The van der Waals surface area contributed by atoms with E-state index in [1.54, 1.807) is 0 Å². The fraction of sp³-hybridized carbons (Fsp3) is 0.312. The number of amides is 2. The Morgan fingerprint density at radius 1 is 0.878 bits per heavy atom. The summed E-state index contributed by atoms with van der Waals surface area (Å²) in [6, 6.07) is 23.9. The lowest BCUT2D eigenvalue weighted by Gasteiger charge is -2.24. The second-order valence-electron chi connectivity index (χ2n) is 10.4. The number of nitrogens with zero attached hydrogens (tertiary/aromatic N) is 1. The number of alkyl carbamates (subject to hydrolysis) is 1. The van der Waals surface area contributed by atoms with Gasteiger partial charge in [0, 0.05) is 25.4 Å². The van der Waals surface area contributed by atoms with Gasteiger partial charge in [-0.3, -0.25) is 14.4 Å². The maximum atomic E-state index is 13.4. The van der Waals surface area contributed by atoms with Crippen molar-refractivity contribution in [1.82, 2.24) is 10.2 Å². The average Bonchev–Trinajstić information content (AvgIpc) is 3.57. The number of rotatable bonds is 10. The Labute approximate surface area is 238 Å². The van der Waals surface area contributed by atoms with E-state index in [-0.39, 0.29) is 44.4 Å². The SMILES string of the molecule is O=C(O)CC1CCN(C(=O)[C@H](CC(=O)OCc2ccccc2)NC(=O)OCC2c3ccccc3-c3ccccc32)C1. The number of likely N-dealkylation sites (tertiary alicyclic amines) is 1. The van der Waals surface area contributed by atoms with Crippen LogP contribution in [0.5, 0.6) is 0 Å². The van der Waals surface area contributed by atoms with Crippen LogP contribution in [0.4, 0.5) is 4.79 Å². The molecule has 9 heteroatoms. The number of nitrogens with one attached hydrogen (secondary N) is 1. The predicted molar refractivity (Wildman–Crippen MR) is 150 cm³/mol. The summed E-state index contributed by atoms with van der Waals surface area (Å²) >= 11 is 0. The fourth-order valence-corrected chi connectivity index (χ4v) is 5.61. The number of carboxylic acids is 1. The molecule has 2 amide bonds. The first kappa shape index (κ1) is 27.9. The zero-order chi connectivity index (χ0) is 28.8. The number of hydrogen-bond acceptors (Lipinski definition) is 6. The summed E-state index contributed by atoms with van der Waals surface area (Å²) in [5, 5.41) is 11.7. The summed E-state index contributed by atoms with van der Waals surface area (Å²) in [6.45, 7) is 0.686. The normalized spacial score (nSPS) is 16.4. The molecule has 1 aliphatic heterocycles. The molecule has 1 saturated heterocycles. The standard InChI is InChI=1S/C32H32N2O7/c35-29(36)16-22-14-15-34(18-22)31(38)28(17-30(37)40-19-21-8-2-1-3-9-21)33-32(39)41-20-27-25-12-6-4-10-23(25)24-11-5-7-13-26(24)27/h1-13,22,27-28H,14-20H2,(H,33,39)(H,35,36)/t22?,28-/m0/s1. The number of ether oxygens (including phenoxy) is 2. The Bertz CT molecular complexity index is 1380. The Morgan fingerprint density at radius 2 is 1.51 bits per heavy atom. The van der Waals surface area contributed by atoms with Crippen LogP contribution in [0, 0.1) is 5.92 Å².